The van der Waals surface area contributed by atoms with Crippen LogP contribution in [-0.2, 0) is 10.0 Å². The van der Waals surface area contributed by atoms with Crippen LogP contribution >= 0.6 is 0 Å². The molecule has 1 aliphatic heterocycles. The fourth-order valence-electron chi connectivity index (χ4n) is 3.39. The summed E-state index contributed by atoms with van der Waals surface area (Å²) in [5.41, 5.74) is 2.45. The molecule has 4 rings (SSSR count). The van der Waals surface area contributed by atoms with E-state index in [1.54, 1.807) is 55.5 Å². The van der Waals surface area contributed by atoms with Crippen molar-refractivity contribution in [3.63, 3.8) is 0 Å². The van der Waals surface area contributed by atoms with E-state index >= 15 is 0 Å². The Labute approximate surface area is 179 Å². The summed E-state index contributed by atoms with van der Waals surface area (Å²) in [7, 11) is -3.42. The van der Waals surface area contributed by atoms with Crippen LogP contribution in [0.1, 0.15) is 41.1 Å². The standard InChI is InChI=1S/C22H21N3O5S/c1-2-31(28,29)24-17-8-3-6-15(12-17)19-14-20(16-7-4-9-18(26)13-16)25(23-19)22(27)21-10-5-11-30-21/h3-13,20,24,26H,2,14H2,1H3. The number of nitrogens with one attached hydrogen (secondary N) is 1. The van der Waals surface area contributed by atoms with Crippen LogP contribution in [0.3, 0.4) is 0 Å². The number of hydrazone groups is 1. The number of nitrogens with zero attached hydrogens (tertiary/aromatic N) is 2. The third-order valence-electron chi connectivity index (χ3n) is 4.95. The van der Waals surface area contributed by atoms with Crippen molar-refractivity contribution in [1.29, 1.82) is 0 Å². The summed E-state index contributed by atoms with van der Waals surface area (Å²) in [6, 6.07) is 16.3. The first-order valence-electron chi connectivity index (χ1n) is 9.70. The number of benzene rings is 2. The lowest BCUT2D eigenvalue weighted by Gasteiger charge is -2.21. The van der Waals surface area contributed by atoms with E-state index in [0.29, 0.717) is 23.4 Å². The van der Waals surface area contributed by atoms with E-state index in [4.69, 9.17) is 4.42 Å². The van der Waals surface area contributed by atoms with E-state index < -0.39 is 22.0 Å². The number of hydrogen-bond acceptors (Lipinski definition) is 6. The van der Waals surface area contributed by atoms with Crippen LogP contribution in [0.2, 0.25) is 0 Å². The number of phenolic OH excluding ortho intramolecular Hbond substituents is 1. The SMILES string of the molecule is CCS(=O)(=O)Nc1cccc(C2=NN(C(=O)c3ccco3)C(c3cccc(O)c3)C2)c1. The summed E-state index contributed by atoms with van der Waals surface area (Å²) < 4.78 is 31.6. The van der Waals surface area contributed by atoms with E-state index in [-0.39, 0.29) is 17.3 Å². The van der Waals surface area contributed by atoms with Gasteiger partial charge >= 0.3 is 5.91 Å². The van der Waals surface area contributed by atoms with Crippen LogP contribution in [0, 0.1) is 0 Å². The summed E-state index contributed by atoms with van der Waals surface area (Å²) >= 11 is 0. The predicted octanol–water partition coefficient (Wildman–Crippen LogP) is 3.74. The lowest BCUT2D eigenvalue weighted by atomic mass is 9.98. The minimum atomic E-state index is -3.42. The Morgan fingerprint density at radius 2 is 2.00 bits per heavy atom. The monoisotopic (exact) mass is 439 g/mol. The van der Waals surface area contributed by atoms with Crippen molar-refractivity contribution in [3.8, 4) is 5.75 Å². The van der Waals surface area contributed by atoms with Gasteiger partial charge in [0.15, 0.2) is 5.76 Å². The van der Waals surface area contributed by atoms with Gasteiger partial charge in [0.2, 0.25) is 10.0 Å². The van der Waals surface area contributed by atoms with Gasteiger partial charge in [0, 0.05) is 12.1 Å². The number of aromatic hydroxyl groups is 1. The number of carbonyl (C=O) groups excluding carboxylic acids is 1. The molecule has 0 saturated carbocycles. The van der Waals surface area contributed by atoms with Crippen LogP contribution in [0.5, 0.6) is 5.75 Å². The minimum absolute atomic E-state index is 0.0385. The summed E-state index contributed by atoms with van der Waals surface area (Å²) in [5.74, 6) is -0.202. The molecule has 8 nitrogen and oxygen atoms in total. The Balaban J connectivity index is 1.70. The first-order valence-corrected chi connectivity index (χ1v) is 11.4. The molecule has 2 N–H and O–H groups in total. The average Bonchev–Trinajstić information content (AvgIpc) is 3.44. The molecular weight excluding hydrogens is 418 g/mol. The van der Waals surface area contributed by atoms with Crippen molar-refractivity contribution in [3.05, 3.63) is 83.8 Å². The highest BCUT2D eigenvalue weighted by molar-refractivity contribution is 7.92. The zero-order valence-corrected chi connectivity index (χ0v) is 17.5. The third kappa shape index (κ3) is 4.46. The van der Waals surface area contributed by atoms with Crippen molar-refractivity contribution >= 4 is 27.3 Å². The molecule has 0 fully saturated rings. The quantitative estimate of drug-likeness (QED) is 0.608. The zero-order valence-electron chi connectivity index (χ0n) is 16.7. The Kier molecular flexibility index (Phi) is 5.51. The molecule has 1 atom stereocenters. The summed E-state index contributed by atoms with van der Waals surface area (Å²) in [4.78, 5) is 13.0. The average molecular weight is 439 g/mol. The molecule has 0 aliphatic carbocycles. The second-order valence-electron chi connectivity index (χ2n) is 7.07. The smallest absolute Gasteiger partial charge is 0.310 e. The first-order chi connectivity index (χ1) is 14.9. The molecule has 31 heavy (non-hydrogen) atoms. The van der Waals surface area contributed by atoms with E-state index in [0.717, 1.165) is 5.56 Å². The Hall–Kier alpha value is -3.59. The van der Waals surface area contributed by atoms with Gasteiger partial charge in [-0.25, -0.2) is 13.4 Å². The number of amides is 1. The fourth-order valence-corrected chi connectivity index (χ4v) is 4.02. The zero-order chi connectivity index (χ0) is 22.0. The van der Waals surface area contributed by atoms with Crippen molar-refractivity contribution < 1.29 is 22.7 Å². The topological polar surface area (TPSA) is 112 Å². The molecule has 2 heterocycles. The van der Waals surface area contributed by atoms with Crippen LogP contribution < -0.4 is 4.72 Å². The Morgan fingerprint density at radius 3 is 2.71 bits per heavy atom. The highest BCUT2D eigenvalue weighted by Crippen LogP contribution is 2.35. The van der Waals surface area contributed by atoms with Crippen molar-refractivity contribution in [1.82, 2.24) is 5.01 Å². The van der Waals surface area contributed by atoms with Crippen LogP contribution in [0.15, 0.2) is 76.4 Å². The number of phenols is 1. The van der Waals surface area contributed by atoms with Crippen LogP contribution in [0.4, 0.5) is 5.69 Å². The van der Waals surface area contributed by atoms with Gasteiger partial charge in [-0.3, -0.25) is 9.52 Å². The molecule has 1 aliphatic rings. The van der Waals surface area contributed by atoms with Gasteiger partial charge in [-0.15, -0.1) is 0 Å². The van der Waals surface area contributed by atoms with Gasteiger partial charge in [0.05, 0.1) is 23.8 Å². The molecule has 160 valence electrons. The molecule has 3 aromatic rings. The highest BCUT2D eigenvalue weighted by atomic mass is 32.2. The third-order valence-corrected chi connectivity index (χ3v) is 6.26. The largest absolute Gasteiger partial charge is 0.508 e. The molecule has 2 aromatic carbocycles. The van der Waals surface area contributed by atoms with Gasteiger partial charge in [-0.05, 0) is 54.4 Å². The number of hydrogen-bond donors (Lipinski definition) is 2. The Bertz CT molecular complexity index is 1240. The maximum Gasteiger partial charge on any atom is 0.310 e. The van der Waals surface area contributed by atoms with Crippen molar-refractivity contribution in [2.75, 3.05) is 10.5 Å². The van der Waals surface area contributed by atoms with Gasteiger partial charge < -0.3 is 9.52 Å². The van der Waals surface area contributed by atoms with Crippen molar-refractivity contribution in [2.45, 2.75) is 19.4 Å². The molecule has 0 spiro atoms. The van der Waals surface area contributed by atoms with Crippen LogP contribution in [0.25, 0.3) is 0 Å². The highest BCUT2D eigenvalue weighted by Gasteiger charge is 2.35. The lowest BCUT2D eigenvalue weighted by molar-refractivity contribution is 0.0678. The van der Waals surface area contributed by atoms with Gasteiger partial charge in [-0.2, -0.15) is 5.10 Å². The minimum Gasteiger partial charge on any atom is -0.508 e. The molecule has 0 radical (unpaired) electrons. The maximum absolute atomic E-state index is 13.0. The summed E-state index contributed by atoms with van der Waals surface area (Å²) in [6.07, 6.45) is 1.81. The molecule has 0 saturated heterocycles. The summed E-state index contributed by atoms with van der Waals surface area (Å²) in [5, 5.41) is 15.8. The second-order valence-corrected chi connectivity index (χ2v) is 9.09. The number of rotatable bonds is 6. The number of sulfonamides is 1. The van der Waals surface area contributed by atoms with E-state index in [1.807, 2.05) is 12.1 Å². The summed E-state index contributed by atoms with van der Waals surface area (Å²) in [6.45, 7) is 1.56. The van der Waals surface area contributed by atoms with Gasteiger partial charge in [0.25, 0.3) is 0 Å². The number of furan rings is 1. The second kappa shape index (κ2) is 8.27. The predicted molar refractivity (Wildman–Crippen MR) is 116 cm³/mol. The maximum atomic E-state index is 13.0. The van der Waals surface area contributed by atoms with E-state index in [2.05, 4.69) is 9.82 Å². The lowest BCUT2D eigenvalue weighted by Crippen LogP contribution is -2.26. The van der Waals surface area contributed by atoms with Gasteiger partial charge in [0.1, 0.15) is 5.75 Å². The van der Waals surface area contributed by atoms with Crippen LogP contribution in [-0.4, -0.2) is 35.9 Å². The molecule has 1 amide bonds. The number of carbonyl (C=O) groups is 1. The first kappa shape index (κ1) is 20.7. The number of anilines is 1. The normalized spacial score (nSPS) is 16.2. The fraction of sp³-hybridized carbons (Fsp3) is 0.182. The molecule has 9 heteroatoms. The van der Waals surface area contributed by atoms with E-state index in [1.165, 1.54) is 11.3 Å². The molecular formula is C22H21N3O5S. The molecule has 0 bridgehead atoms. The van der Waals surface area contributed by atoms with Crippen molar-refractivity contribution in [2.24, 2.45) is 5.10 Å². The molecule has 1 aromatic heterocycles. The van der Waals surface area contributed by atoms with Gasteiger partial charge in [-0.1, -0.05) is 24.3 Å². The molecule has 1 unspecified atom stereocenters. The Morgan fingerprint density at radius 1 is 1.19 bits per heavy atom. The van der Waals surface area contributed by atoms with E-state index in [9.17, 15) is 18.3 Å².